The third kappa shape index (κ3) is 358. The van der Waals surface area contributed by atoms with Gasteiger partial charge in [0, 0.05) is 10.4 Å². The third-order valence-corrected chi connectivity index (χ3v) is 0. The molecule has 6 nitrogen and oxygen atoms in total. The molecule has 3 radical (unpaired) electrons. The summed E-state index contributed by atoms with van der Waals surface area (Å²) in [5, 5.41) is 0. The molecule has 0 fully saturated rings. The summed E-state index contributed by atoms with van der Waals surface area (Å²) < 4.78 is 34.1. The van der Waals surface area contributed by atoms with Crippen LogP contribution >= 0.6 is 0 Å². The molecule has 0 saturated carbocycles. The average Bonchev–Trinajstić information content (AvgIpc) is 0.722. The predicted octanol–water partition coefficient (Wildman–Crippen LogP) is -1.58. The Kier molecular flexibility index (Phi) is 71.2. The van der Waals surface area contributed by atoms with Crippen molar-refractivity contribution < 1.29 is 79.7 Å². The largest absolute Gasteiger partial charge is 2.00 e. The van der Waals surface area contributed by atoms with Gasteiger partial charge in [-0.05, 0) is 0 Å². The smallest absolute Gasteiger partial charge is 2.00 e. The van der Waals surface area contributed by atoms with Crippen LogP contribution in [0, 0.1) is 0 Å². The Balaban J connectivity index is -0.00000000800. The van der Waals surface area contributed by atoms with Gasteiger partial charge in [-0.3, -0.25) is 8.42 Å². The van der Waals surface area contributed by atoms with Crippen molar-refractivity contribution in [3.8, 4) is 0 Å². The maximum atomic E-state index is 8.52. The number of rotatable bonds is 0. The molecule has 10 heavy (non-hydrogen) atoms. The third-order valence-electron chi connectivity index (χ3n) is 0. The van der Waals surface area contributed by atoms with E-state index in [1.165, 1.54) is 0 Å². The monoisotopic (exact) mass is 293 g/mol. The van der Waals surface area contributed by atoms with Crippen LogP contribution in [-0.4, -0.2) is 17.5 Å². The Morgan fingerprint density at radius 2 is 0.800 bits per heavy atom. The second-order valence-corrected chi connectivity index (χ2v) is 1.22. The maximum Gasteiger partial charge on any atom is 2.00 e. The molecule has 0 aromatic rings. The van der Waals surface area contributed by atoms with Crippen LogP contribution in [0.4, 0.5) is 0 Å². The van der Waals surface area contributed by atoms with E-state index in [0.29, 0.717) is 0 Å². The van der Waals surface area contributed by atoms with Crippen LogP contribution in [0.2, 0.25) is 0 Å². The predicted molar refractivity (Wildman–Crippen MR) is 11.8 cm³/mol. The van der Waals surface area contributed by atoms with Crippen molar-refractivity contribution in [3.05, 3.63) is 0 Å². The van der Waals surface area contributed by atoms with Crippen molar-refractivity contribution in [1.82, 2.24) is 0 Å². The first-order valence-electron chi connectivity index (χ1n) is 0.667. The summed E-state index contributed by atoms with van der Waals surface area (Å²) in [7, 11) is -5.17. The van der Waals surface area contributed by atoms with Gasteiger partial charge in [0.2, 0.25) is 0 Å². The van der Waals surface area contributed by atoms with Crippen LogP contribution in [0.25, 0.3) is 0 Å². The van der Waals surface area contributed by atoms with E-state index in [-0.39, 0.29) is 62.2 Å². The van der Waals surface area contributed by atoms with E-state index in [4.69, 9.17) is 17.5 Å². The molecule has 0 amide bonds. The van der Waals surface area contributed by atoms with Crippen molar-refractivity contribution in [3.63, 3.8) is 0 Å². The quantitative estimate of drug-likeness (QED) is 0.302. The van der Waals surface area contributed by atoms with Gasteiger partial charge in [-0.1, -0.05) is 0 Å². The minimum Gasteiger partial charge on any atom is -2.00 e. The first kappa shape index (κ1) is 42.5. The molecule has 0 spiro atoms. The molecule has 0 unspecified atom stereocenters. The van der Waals surface area contributed by atoms with Gasteiger partial charge >= 0.3 is 51.2 Å². The zero-order chi connectivity index (χ0) is 4.50. The molecule has 0 saturated heterocycles. The minimum absolute atomic E-state index is 0. The van der Waals surface area contributed by atoms with Gasteiger partial charge in [-0.2, -0.15) is 0 Å². The fraction of sp³-hybridized carbons (Fsp3) is 0. The summed E-state index contributed by atoms with van der Waals surface area (Å²) in [6.45, 7) is 0. The molecular formula is Mn3O6S. The van der Waals surface area contributed by atoms with E-state index in [1.807, 2.05) is 0 Å². The number of hydrogen-bond donors (Lipinski definition) is 0. The SMILES string of the molecule is O=S(=O)([O-])[O-].[Mn+2].[Mn+2].[Mn+2].[O-2].[O-2]. The molecule has 0 bridgehead atoms. The van der Waals surface area contributed by atoms with Crippen LogP contribution in [0.3, 0.4) is 0 Å². The fourth-order valence-electron chi connectivity index (χ4n) is 0. The van der Waals surface area contributed by atoms with Gasteiger partial charge in [0.1, 0.15) is 0 Å². The van der Waals surface area contributed by atoms with Crippen LogP contribution in [-0.2, 0) is 72.6 Å². The van der Waals surface area contributed by atoms with Crippen molar-refractivity contribution in [1.29, 1.82) is 0 Å². The van der Waals surface area contributed by atoms with E-state index < -0.39 is 10.4 Å². The van der Waals surface area contributed by atoms with Crippen LogP contribution in [0.5, 0.6) is 0 Å². The first-order chi connectivity index (χ1) is 2.00. The Hall–Kier alpha value is 1.35. The van der Waals surface area contributed by atoms with E-state index in [9.17, 15) is 0 Å². The van der Waals surface area contributed by atoms with Gasteiger partial charge in [-0.25, -0.2) is 0 Å². The Morgan fingerprint density at radius 3 is 0.800 bits per heavy atom. The fourth-order valence-corrected chi connectivity index (χ4v) is 0. The molecule has 0 aromatic carbocycles. The zero-order valence-corrected chi connectivity index (χ0v) is 8.35. The van der Waals surface area contributed by atoms with Crippen molar-refractivity contribution in [2.45, 2.75) is 0 Å². The van der Waals surface area contributed by atoms with Crippen LogP contribution in [0.1, 0.15) is 0 Å². The van der Waals surface area contributed by atoms with Crippen molar-refractivity contribution in [2.24, 2.45) is 0 Å². The minimum atomic E-state index is -5.17. The summed E-state index contributed by atoms with van der Waals surface area (Å²) in [6.07, 6.45) is 0. The summed E-state index contributed by atoms with van der Waals surface area (Å²) in [5.74, 6) is 0. The summed E-state index contributed by atoms with van der Waals surface area (Å²) >= 11 is 0. The summed E-state index contributed by atoms with van der Waals surface area (Å²) in [5.41, 5.74) is 0. The molecule has 0 atom stereocenters. The maximum absolute atomic E-state index is 8.52. The summed E-state index contributed by atoms with van der Waals surface area (Å²) in [4.78, 5) is 0. The van der Waals surface area contributed by atoms with Gasteiger partial charge in [0.15, 0.2) is 0 Å². The topological polar surface area (TPSA) is 137 Å². The van der Waals surface area contributed by atoms with Gasteiger partial charge in [0.25, 0.3) is 0 Å². The Bertz CT molecular complexity index is 96.2. The second-order valence-electron chi connectivity index (χ2n) is 0.408. The normalized spacial score (nSPS) is 5.80. The van der Waals surface area contributed by atoms with Gasteiger partial charge < -0.3 is 20.1 Å². The molecule has 0 aliphatic rings. The molecule has 63 valence electrons. The molecule has 10 heteroatoms. The van der Waals surface area contributed by atoms with Crippen molar-refractivity contribution >= 4 is 10.4 Å². The van der Waals surface area contributed by atoms with E-state index in [0.717, 1.165) is 0 Å². The first-order valence-corrected chi connectivity index (χ1v) is 2.00. The van der Waals surface area contributed by atoms with E-state index >= 15 is 0 Å². The average molecular weight is 293 g/mol. The Morgan fingerprint density at radius 1 is 0.800 bits per heavy atom. The summed E-state index contributed by atoms with van der Waals surface area (Å²) in [6, 6.07) is 0. The van der Waals surface area contributed by atoms with Crippen LogP contribution < -0.4 is 0 Å². The molecule has 0 heterocycles. The van der Waals surface area contributed by atoms with Gasteiger partial charge in [0.05, 0.1) is 0 Å². The van der Waals surface area contributed by atoms with E-state index in [2.05, 4.69) is 0 Å². The van der Waals surface area contributed by atoms with Gasteiger partial charge in [-0.15, -0.1) is 0 Å². The van der Waals surface area contributed by atoms with Crippen LogP contribution in [0.15, 0.2) is 0 Å². The molecule has 0 rings (SSSR count). The molecule has 0 aliphatic carbocycles. The molecule has 0 aromatic heterocycles. The molecular weight excluding hydrogens is 293 g/mol. The zero-order valence-electron chi connectivity index (χ0n) is 3.99. The van der Waals surface area contributed by atoms with E-state index in [1.54, 1.807) is 0 Å². The molecule has 0 aliphatic heterocycles. The number of hydrogen-bond acceptors (Lipinski definition) is 4. The second kappa shape index (κ2) is 16.7. The molecule has 0 N–H and O–H groups in total. The standard InChI is InChI=1S/3Mn.H2O4S.2O/c;;;1-5(2,3)4;;/h;;;(H2,1,2,3,4);;/q3*+2;;2*-2/p-2. The Labute approximate surface area is 89.8 Å². The van der Waals surface area contributed by atoms with Crippen molar-refractivity contribution in [2.75, 3.05) is 0 Å².